The van der Waals surface area contributed by atoms with E-state index in [-0.39, 0.29) is 16.5 Å². The van der Waals surface area contributed by atoms with Gasteiger partial charge < -0.3 is 20.1 Å². The Bertz CT molecular complexity index is 1270. The monoisotopic (exact) mass is 515 g/mol. The first-order valence-corrected chi connectivity index (χ1v) is 13.7. The van der Waals surface area contributed by atoms with Crippen LogP contribution in [0.1, 0.15) is 62.6 Å². The molecule has 36 heavy (non-hydrogen) atoms. The number of rotatable bonds is 7. The van der Waals surface area contributed by atoms with Crippen molar-refractivity contribution in [3.05, 3.63) is 41.9 Å². The van der Waals surface area contributed by atoms with Crippen molar-refractivity contribution in [1.29, 1.82) is 0 Å². The first kappa shape index (κ1) is 25.1. The summed E-state index contributed by atoms with van der Waals surface area (Å²) in [4.78, 5) is 23.9. The maximum atomic E-state index is 13.4. The summed E-state index contributed by atoms with van der Waals surface area (Å²) in [5.41, 5.74) is -0.523. The number of amides is 1. The van der Waals surface area contributed by atoms with E-state index in [4.69, 9.17) is 4.74 Å². The van der Waals surface area contributed by atoms with Crippen LogP contribution in [-0.4, -0.2) is 61.2 Å². The number of hydrogen-bond acceptors (Lipinski definition) is 8. The van der Waals surface area contributed by atoms with Gasteiger partial charge in [0.15, 0.2) is 5.82 Å². The summed E-state index contributed by atoms with van der Waals surface area (Å²) < 4.78 is 34.3. The van der Waals surface area contributed by atoms with Crippen LogP contribution in [-0.2, 0) is 20.4 Å². The summed E-state index contributed by atoms with van der Waals surface area (Å²) in [5, 5.41) is 13.0. The molecule has 0 unspecified atom stereocenters. The molecule has 3 N–H and O–H groups in total. The molecule has 2 saturated heterocycles. The largest absolute Gasteiger partial charge is 0.382 e. The van der Waals surface area contributed by atoms with E-state index in [0.29, 0.717) is 29.9 Å². The predicted molar refractivity (Wildman–Crippen MR) is 134 cm³/mol. The summed E-state index contributed by atoms with van der Waals surface area (Å²) >= 11 is 0. The second kappa shape index (κ2) is 8.76. The Balaban J connectivity index is 1.45. The fourth-order valence-electron chi connectivity index (χ4n) is 4.79. The first-order chi connectivity index (χ1) is 16.9. The van der Waals surface area contributed by atoms with Gasteiger partial charge in [0.25, 0.3) is 5.91 Å². The minimum absolute atomic E-state index is 0.111. The summed E-state index contributed by atoms with van der Waals surface area (Å²) in [5.74, 6) is 0.0329. The van der Waals surface area contributed by atoms with Gasteiger partial charge in [-0.25, -0.2) is 23.1 Å². The van der Waals surface area contributed by atoms with Gasteiger partial charge in [0.05, 0.1) is 34.9 Å². The number of aliphatic hydroxyl groups is 1. The zero-order valence-corrected chi connectivity index (χ0v) is 21.7. The minimum atomic E-state index is -3.81. The molecule has 0 bridgehead atoms. The lowest BCUT2D eigenvalue weighted by atomic mass is 9.93. The lowest BCUT2D eigenvalue weighted by Crippen LogP contribution is -2.59. The van der Waals surface area contributed by atoms with Crippen molar-refractivity contribution in [1.82, 2.24) is 14.7 Å². The number of sulfonamides is 1. The SMILES string of the molecule is CC1(NS(=O)(=O)c2ccc(C(=O)Nc3ccnc(C(C)(C)O)n3)c(N3CCC4(CC3)CC4)c2)COC1. The maximum Gasteiger partial charge on any atom is 0.258 e. The summed E-state index contributed by atoms with van der Waals surface area (Å²) in [7, 11) is -3.81. The summed E-state index contributed by atoms with van der Waals surface area (Å²) in [6, 6.07) is 6.15. The van der Waals surface area contributed by atoms with Crippen molar-refractivity contribution < 1.29 is 23.1 Å². The van der Waals surface area contributed by atoms with Crippen molar-refractivity contribution in [2.75, 3.05) is 36.5 Å². The van der Waals surface area contributed by atoms with Gasteiger partial charge in [-0.05, 0) is 76.1 Å². The number of hydrogen-bond donors (Lipinski definition) is 3. The van der Waals surface area contributed by atoms with Gasteiger partial charge in [-0.2, -0.15) is 0 Å². The number of ether oxygens (including phenoxy) is 1. The fraction of sp³-hybridized carbons (Fsp3) is 0.560. The molecule has 3 heterocycles. The van der Waals surface area contributed by atoms with Crippen LogP contribution < -0.4 is 14.9 Å². The van der Waals surface area contributed by atoms with Crippen LogP contribution >= 0.6 is 0 Å². The van der Waals surface area contributed by atoms with Gasteiger partial charge in [-0.15, -0.1) is 0 Å². The van der Waals surface area contributed by atoms with E-state index in [1.54, 1.807) is 39.0 Å². The van der Waals surface area contributed by atoms with Gasteiger partial charge in [-0.3, -0.25) is 4.79 Å². The van der Waals surface area contributed by atoms with Crippen LogP contribution in [0.25, 0.3) is 0 Å². The molecule has 2 aromatic rings. The molecule has 1 saturated carbocycles. The highest BCUT2D eigenvalue weighted by molar-refractivity contribution is 7.89. The number of anilines is 2. The Morgan fingerprint density at radius 1 is 1.14 bits per heavy atom. The van der Waals surface area contributed by atoms with Gasteiger partial charge in [0.1, 0.15) is 11.4 Å². The van der Waals surface area contributed by atoms with Crippen LogP contribution in [0.2, 0.25) is 0 Å². The van der Waals surface area contributed by atoms with Crippen LogP contribution in [0.5, 0.6) is 0 Å². The van der Waals surface area contributed by atoms with Gasteiger partial charge in [0.2, 0.25) is 10.0 Å². The van der Waals surface area contributed by atoms with Gasteiger partial charge in [0, 0.05) is 19.3 Å². The Morgan fingerprint density at radius 3 is 2.42 bits per heavy atom. The fourth-order valence-corrected chi connectivity index (χ4v) is 6.19. The second-order valence-corrected chi connectivity index (χ2v) is 12.8. The highest BCUT2D eigenvalue weighted by Gasteiger charge is 2.45. The highest BCUT2D eigenvalue weighted by Crippen LogP contribution is 2.54. The lowest BCUT2D eigenvalue weighted by molar-refractivity contribution is -0.0523. The van der Waals surface area contributed by atoms with Crippen molar-refractivity contribution in [2.45, 2.75) is 62.5 Å². The molecule has 3 fully saturated rings. The molecule has 1 spiro atoms. The van der Waals surface area contributed by atoms with E-state index < -0.39 is 27.1 Å². The van der Waals surface area contributed by atoms with Gasteiger partial charge in [-0.1, -0.05) is 0 Å². The molecule has 0 atom stereocenters. The molecule has 2 aliphatic heterocycles. The van der Waals surface area contributed by atoms with Crippen LogP contribution in [0.3, 0.4) is 0 Å². The standard InChI is InChI=1S/C25H33N5O5S/c1-23(2,32)22-26-11-6-20(28-22)27-21(31)18-5-4-17(36(33,34)29-24(3)15-35-16-24)14-19(18)30-12-9-25(7-8-25)10-13-30/h4-6,11,14,29,32H,7-10,12-13,15-16H2,1-3H3,(H,26,27,28,31). The third kappa shape index (κ3) is 5.10. The number of aromatic nitrogens is 2. The number of piperidine rings is 1. The molecular weight excluding hydrogens is 482 g/mol. The highest BCUT2D eigenvalue weighted by atomic mass is 32.2. The smallest absolute Gasteiger partial charge is 0.258 e. The first-order valence-electron chi connectivity index (χ1n) is 12.3. The third-order valence-corrected chi connectivity index (χ3v) is 8.95. The maximum absolute atomic E-state index is 13.4. The zero-order valence-electron chi connectivity index (χ0n) is 20.9. The second-order valence-electron chi connectivity index (χ2n) is 11.1. The van der Waals surface area contributed by atoms with Crippen LogP contribution in [0, 0.1) is 5.41 Å². The topological polar surface area (TPSA) is 134 Å². The zero-order chi connectivity index (χ0) is 25.8. The molecule has 10 nitrogen and oxygen atoms in total. The number of nitrogens with zero attached hydrogens (tertiary/aromatic N) is 3. The average molecular weight is 516 g/mol. The average Bonchev–Trinajstić information content (AvgIpc) is 3.56. The normalized spacial score (nSPS) is 20.6. The van der Waals surface area contributed by atoms with Crippen LogP contribution in [0.4, 0.5) is 11.5 Å². The third-order valence-electron chi connectivity index (χ3n) is 7.31. The quantitative estimate of drug-likeness (QED) is 0.512. The molecule has 194 valence electrons. The Kier molecular flexibility index (Phi) is 6.10. The van der Waals surface area contributed by atoms with Crippen LogP contribution in [0.15, 0.2) is 35.4 Å². The minimum Gasteiger partial charge on any atom is -0.382 e. The number of carbonyl (C=O) groups excluding carboxylic acids is 1. The van der Waals surface area contributed by atoms with E-state index in [2.05, 4.69) is 24.9 Å². The Morgan fingerprint density at radius 2 is 1.83 bits per heavy atom. The van der Waals surface area contributed by atoms with E-state index in [1.165, 1.54) is 25.1 Å². The van der Waals surface area contributed by atoms with Crippen molar-refractivity contribution >= 4 is 27.4 Å². The lowest BCUT2D eigenvalue weighted by Gasteiger charge is -2.38. The van der Waals surface area contributed by atoms with Crippen molar-refractivity contribution in [3.8, 4) is 0 Å². The number of carbonyl (C=O) groups is 1. The molecule has 11 heteroatoms. The predicted octanol–water partition coefficient (Wildman–Crippen LogP) is 2.40. The molecule has 1 amide bonds. The van der Waals surface area contributed by atoms with E-state index in [9.17, 15) is 18.3 Å². The van der Waals surface area contributed by atoms with Crippen molar-refractivity contribution in [3.63, 3.8) is 0 Å². The summed E-state index contributed by atoms with van der Waals surface area (Å²) in [6.07, 6.45) is 6.01. The van der Waals surface area contributed by atoms with E-state index in [1.807, 2.05) is 0 Å². The Labute approximate surface area is 211 Å². The van der Waals surface area contributed by atoms with Crippen molar-refractivity contribution in [2.24, 2.45) is 5.41 Å². The molecule has 5 rings (SSSR count). The molecule has 1 aliphatic carbocycles. The number of benzene rings is 1. The molecule has 3 aliphatic rings. The molecule has 1 aromatic heterocycles. The van der Waals surface area contributed by atoms with E-state index in [0.717, 1.165) is 25.9 Å². The molecule has 0 radical (unpaired) electrons. The Hall–Kier alpha value is -2.60. The molecule has 1 aromatic carbocycles. The van der Waals surface area contributed by atoms with Gasteiger partial charge >= 0.3 is 0 Å². The van der Waals surface area contributed by atoms with E-state index >= 15 is 0 Å². The number of nitrogens with one attached hydrogen (secondary N) is 2. The summed E-state index contributed by atoms with van der Waals surface area (Å²) in [6.45, 7) is 7.11. The molecular formula is C25H33N5O5S.